The molecule has 0 amide bonds. The number of hydrogen-bond donors (Lipinski definition) is 1. The van der Waals surface area contributed by atoms with E-state index in [1.54, 1.807) is 0 Å². The first-order valence-corrected chi connectivity index (χ1v) is 7.51. The van der Waals surface area contributed by atoms with Crippen LogP contribution in [0.5, 0.6) is 0 Å². The molecule has 1 aromatic heterocycles. The summed E-state index contributed by atoms with van der Waals surface area (Å²) >= 11 is 0. The van der Waals surface area contributed by atoms with Crippen molar-refractivity contribution in [1.82, 2.24) is 15.1 Å². The van der Waals surface area contributed by atoms with Crippen LogP contribution in [-0.4, -0.2) is 22.4 Å². The fourth-order valence-electron chi connectivity index (χ4n) is 2.41. The van der Waals surface area contributed by atoms with Crippen molar-refractivity contribution in [2.24, 2.45) is 5.92 Å². The number of aryl methyl sites for hydroxylation is 2. The lowest BCUT2D eigenvalue weighted by Crippen LogP contribution is -2.20. The van der Waals surface area contributed by atoms with Gasteiger partial charge in [0.2, 0.25) is 0 Å². The van der Waals surface area contributed by atoms with Crippen molar-refractivity contribution in [2.45, 2.75) is 65.5 Å². The van der Waals surface area contributed by atoms with E-state index in [1.165, 1.54) is 37.2 Å². The van der Waals surface area contributed by atoms with Gasteiger partial charge >= 0.3 is 0 Å². The molecule has 0 radical (unpaired) electrons. The van der Waals surface area contributed by atoms with Crippen LogP contribution in [0, 0.1) is 5.92 Å². The van der Waals surface area contributed by atoms with Crippen molar-refractivity contribution in [2.75, 3.05) is 6.54 Å². The molecule has 1 aliphatic rings. The Morgan fingerprint density at radius 2 is 2.22 bits per heavy atom. The predicted octanol–water partition coefficient (Wildman–Crippen LogP) is 2.79. The topological polar surface area (TPSA) is 29.9 Å². The molecule has 0 aliphatic heterocycles. The van der Waals surface area contributed by atoms with Gasteiger partial charge in [0.1, 0.15) is 0 Å². The second kappa shape index (κ2) is 6.37. The lowest BCUT2D eigenvalue weighted by Gasteiger charge is -2.12. The number of hydrogen-bond acceptors (Lipinski definition) is 2. The Hall–Kier alpha value is -0.830. The zero-order chi connectivity index (χ0) is 13.0. The van der Waals surface area contributed by atoms with Crippen molar-refractivity contribution in [3.05, 3.63) is 17.5 Å². The molecule has 3 heteroatoms. The van der Waals surface area contributed by atoms with Gasteiger partial charge in [-0.25, -0.2) is 0 Å². The molecular weight excluding hydrogens is 222 g/mol. The quantitative estimate of drug-likeness (QED) is 0.768. The number of rotatable bonds is 8. The first kappa shape index (κ1) is 13.6. The Morgan fingerprint density at radius 3 is 2.83 bits per heavy atom. The maximum atomic E-state index is 4.62. The standard InChI is InChI=1S/C15H27N3/c1-4-13-11-15(18(5-2)17-13)10-12(3)8-9-16-14-6-7-14/h11-12,14,16H,4-10H2,1-3H3. The van der Waals surface area contributed by atoms with Gasteiger partial charge in [-0.05, 0) is 57.6 Å². The average molecular weight is 249 g/mol. The highest BCUT2D eigenvalue weighted by Crippen LogP contribution is 2.19. The molecule has 1 N–H and O–H groups in total. The zero-order valence-electron chi connectivity index (χ0n) is 12.1. The van der Waals surface area contributed by atoms with Gasteiger partial charge in [-0.1, -0.05) is 13.8 Å². The molecule has 1 atom stereocenters. The van der Waals surface area contributed by atoms with Crippen LogP contribution >= 0.6 is 0 Å². The maximum Gasteiger partial charge on any atom is 0.0624 e. The van der Waals surface area contributed by atoms with Crippen LogP contribution in [0.15, 0.2) is 6.07 Å². The summed E-state index contributed by atoms with van der Waals surface area (Å²) in [5.41, 5.74) is 2.64. The minimum atomic E-state index is 0.739. The molecule has 2 rings (SSSR count). The molecule has 1 fully saturated rings. The highest BCUT2D eigenvalue weighted by atomic mass is 15.3. The molecule has 1 heterocycles. The second-order valence-corrected chi connectivity index (χ2v) is 5.62. The Kier molecular flexibility index (Phi) is 4.81. The third-order valence-electron chi connectivity index (χ3n) is 3.78. The highest BCUT2D eigenvalue weighted by molar-refractivity contribution is 5.11. The summed E-state index contributed by atoms with van der Waals surface area (Å²) in [5, 5.41) is 8.22. The molecule has 0 bridgehead atoms. The van der Waals surface area contributed by atoms with E-state index in [0.29, 0.717) is 0 Å². The predicted molar refractivity (Wildman–Crippen MR) is 75.8 cm³/mol. The lowest BCUT2D eigenvalue weighted by molar-refractivity contribution is 0.476. The van der Waals surface area contributed by atoms with Gasteiger partial charge in [-0.3, -0.25) is 4.68 Å². The summed E-state index contributed by atoms with van der Waals surface area (Å²) in [4.78, 5) is 0. The van der Waals surface area contributed by atoms with E-state index in [0.717, 1.165) is 31.3 Å². The first-order chi connectivity index (χ1) is 8.72. The van der Waals surface area contributed by atoms with Crippen LogP contribution in [-0.2, 0) is 19.4 Å². The van der Waals surface area contributed by atoms with Crippen molar-refractivity contribution < 1.29 is 0 Å². The highest BCUT2D eigenvalue weighted by Gasteiger charge is 2.20. The number of nitrogens with zero attached hydrogens (tertiary/aromatic N) is 2. The Balaban J connectivity index is 1.80. The molecule has 18 heavy (non-hydrogen) atoms. The van der Waals surface area contributed by atoms with Crippen molar-refractivity contribution >= 4 is 0 Å². The molecule has 0 spiro atoms. The third kappa shape index (κ3) is 3.84. The SMILES string of the molecule is CCc1cc(CC(C)CCNC2CC2)n(CC)n1. The minimum absolute atomic E-state index is 0.739. The summed E-state index contributed by atoms with van der Waals surface area (Å²) in [7, 11) is 0. The van der Waals surface area contributed by atoms with Gasteiger partial charge < -0.3 is 5.32 Å². The van der Waals surface area contributed by atoms with Crippen LogP contribution in [0.3, 0.4) is 0 Å². The van der Waals surface area contributed by atoms with Gasteiger partial charge in [0.15, 0.2) is 0 Å². The van der Waals surface area contributed by atoms with Crippen molar-refractivity contribution in [1.29, 1.82) is 0 Å². The van der Waals surface area contributed by atoms with Crippen LogP contribution in [0.2, 0.25) is 0 Å². The van der Waals surface area contributed by atoms with Gasteiger partial charge in [0, 0.05) is 18.3 Å². The summed E-state index contributed by atoms with van der Waals surface area (Å²) in [6, 6.07) is 3.12. The molecule has 1 aliphatic carbocycles. The van der Waals surface area contributed by atoms with E-state index in [1.807, 2.05) is 0 Å². The van der Waals surface area contributed by atoms with E-state index < -0.39 is 0 Å². The largest absolute Gasteiger partial charge is 0.314 e. The van der Waals surface area contributed by atoms with Crippen molar-refractivity contribution in [3.63, 3.8) is 0 Å². The van der Waals surface area contributed by atoms with Gasteiger partial charge in [-0.2, -0.15) is 5.10 Å². The van der Waals surface area contributed by atoms with Crippen molar-refractivity contribution in [3.8, 4) is 0 Å². The molecule has 102 valence electrons. The third-order valence-corrected chi connectivity index (χ3v) is 3.78. The molecule has 0 aromatic carbocycles. The zero-order valence-corrected chi connectivity index (χ0v) is 12.1. The van der Waals surface area contributed by atoms with E-state index in [9.17, 15) is 0 Å². The molecular formula is C15H27N3. The summed E-state index contributed by atoms with van der Waals surface area (Å²) in [6.07, 6.45) is 6.24. The molecule has 1 aromatic rings. The van der Waals surface area contributed by atoms with Crippen LogP contribution in [0.25, 0.3) is 0 Å². The average Bonchev–Trinajstić information content (AvgIpc) is 3.09. The van der Waals surface area contributed by atoms with E-state index in [4.69, 9.17) is 0 Å². The van der Waals surface area contributed by atoms with E-state index in [-0.39, 0.29) is 0 Å². The minimum Gasteiger partial charge on any atom is -0.314 e. The summed E-state index contributed by atoms with van der Waals surface area (Å²) in [6.45, 7) is 8.87. The second-order valence-electron chi connectivity index (χ2n) is 5.62. The molecule has 1 saturated carbocycles. The lowest BCUT2D eigenvalue weighted by atomic mass is 10.0. The molecule has 3 nitrogen and oxygen atoms in total. The fraction of sp³-hybridized carbons (Fsp3) is 0.800. The van der Waals surface area contributed by atoms with E-state index in [2.05, 4.69) is 41.9 Å². The Labute approximate surface area is 111 Å². The van der Waals surface area contributed by atoms with Crippen LogP contribution < -0.4 is 5.32 Å². The summed E-state index contributed by atoms with van der Waals surface area (Å²) < 4.78 is 2.17. The summed E-state index contributed by atoms with van der Waals surface area (Å²) in [5.74, 6) is 0.739. The maximum absolute atomic E-state index is 4.62. The van der Waals surface area contributed by atoms with Gasteiger partial charge in [0.05, 0.1) is 5.69 Å². The smallest absolute Gasteiger partial charge is 0.0624 e. The Bertz CT molecular complexity index is 366. The monoisotopic (exact) mass is 249 g/mol. The van der Waals surface area contributed by atoms with E-state index >= 15 is 0 Å². The number of nitrogens with one attached hydrogen (secondary N) is 1. The van der Waals surface area contributed by atoms with Crippen LogP contribution in [0.4, 0.5) is 0 Å². The van der Waals surface area contributed by atoms with Crippen LogP contribution in [0.1, 0.15) is 51.4 Å². The van der Waals surface area contributed by atoms with Gasteiger partial charge in [-0.15, -0.1) is 0 Å². The molecule has 1 unspecified atom stereocenters. The van der Waals surface area contributed by atoms with Gasteiger partial charge in [0.25, 0.3) is 0 Å². The molecule has 0 saturated heterocycles. The normalized spacial score (nSPS) is 17.1. The Morgan fingerprint density at radius 1 is 1.44 bits per heavy atom. The fourth-order valence-corrected chi connectivity index (χ4v) is 2.41. The first-order valence-electron chi connectivity index (χ1n) is 7.51. The number of aromatic nitrogens is 2.